The van der Waals surface area contributed by atoms with Crippen LogP contribution in [0.2, 0.25) is 0 Å². The quantitative estimate of drug-likeness (QED) is 0.0368. The second-order valence-corrected chi connectivity index (χ2v) is 18.3. The molecule has 0 spiro atoms. The van der Waals surface area contributed by atoms with Gasteiger partial charge in [0.15, 0.2) is 0 Å². The number of aromatic hydroxyl groups is 1. The van der Waals surface area contributed by atoms with Crippen molar-refractivity contribution in [2.24, 2.45) is 23.3 Å². The lowest BCUT2D eigenvalue weighted by Crippen LogP contribution is -2.60. The number of phenolic OH excluding ortho intramolecular Hbond substituents is 1. The van der Waals surface area contributed by atoms with Crippen LogP contribution in [0.5, 0.6) is 5.75 Å². The lowest BCUT2D eigenvalue weighted by atomic mass is 9.95. The largest absolute Gasteiger partial charge is 0.508 e. The van der Waals surface area contributed by atoms with Gasteiger partial charge in [0.1, 0.15) is 54.1 Å². The molecule has 1 aromatic carbocycles. The summed E-state index contributed by atoms with van der Waals surface area (Å²) in [6, 6.07) is -6.18. The molecule has 10 amide bonds. The summed E-state index contributed by atoms with van der Waals surface area (Å²) in [4.78, 5) is 152. The smallest absolute Gasteiger partial charge is 0.326 e. The number of aliphatic hydroxyl groups excluding tert-OH is 1. The van der Waals surface area contributed by atoms with E-state index in [1.54, 1.807) is 6.92 Å². The van der Waals surface area contributed by atoms with Crippen molar-refractivity contribution in [3.05, 3.63) is 48.0 Å². The molecule has 3 rings (SSSR count). The Hall–Kier alpha value is -7.68. The van der Waals surface area contributed by atoms with Gasteiger partial charge in [0.2, 0.25) is 59.1 Å². The van der Waals surface area contributed by atoms with Gasteiger partial charge in [0.05, 0.1) is 31.9 Å². The highest BCUT2D eigenvalue weighted by molar-refractivity contribution is 5.98. The molecular weight excluding hydrogens is 971 g/mol. The van der Waals surface area contributed by atoms with E-state index in [0.29, 0.717) is 30.5 Å². The van der Waals surface area contributed by atoms with Crippen LogP contribution in [-0.2, 0) is 65.6 Å². The Kier molecular flexibility index (Phi) is 23.9. The van der Waals surface area contributed by atoms with Crippen molar-refractivity contribution in [3.63, 3.8) is 0 Å². The fraction of sp³-hybridized carbons (Fsp3) is 0.574. The number of nitrogens with two attached hydrogens (primary N) is 2. The third kappa shape index (κ3) is 18.4. The highest BCUT2D eigenvalue weighted by Gasteiger charge is 2.39. The number of phenols is 1. The van der Waals surface area contributed by atoms with Gasteiger partial charge in [-0.1, -0.05) is 52.7 Å². The van der Waals surface area contributed by atoms with Crippen molar-refractivity contribution >= 4 is 65.0 Å². The van der Waals surface area contributed by atoms with E-state index in [0.717, 1.165) is 0 Å². The number of primary amides is 1. The molecule has 1 aromatic heterocycles. The second kappa shape index (κ2) is 29.1. The molecule has 0 radical (unpaired) electrons. The van der Waals surface area contributed by atoms with E-state index in [1.807, 2.05) is 20.8 Å². The van der Waals surface area contributed by atoms with Crippen molar-refractivity contribution in [3.8, 4) is 5.75 Å². The van der Waals surface area contributed by atoms with Crippen molar-refractivity contribution in [2.75, 3.05) is 19.7 Å². The Bertz CT molecular complexity index is 2300. The van der Waals surface area contributed by atoms with E-state index >= 15 is 0 Å². The van der Waals surface area contributed by atoms with Crippen LogP contribution in [-0.4, -0.2) is 169 Å². The fourth-order valence-corrected chi connectivity index (χ4v) is 7.63. The summed E-state index contributed by atoms with van der Waals surface area (Å²) in [6.45, 7) is 8.35. The molecule has 0 saturated carbocycles. The van der Waals surface area contributed by atoms with Crippen LogP contribution in [0.25, 0.3) is 0 Å². The first-order valence-electron chi connectivity index (χ1n) is 24.2. The van der Waals surface area contributed by atoms with Gasteiger partial charge in [-0.3, -0.25) is 47.9 Å². The molecule has 27 heteroatoms. The summed E-state index contributed by atoms with van der Waals surface area (Å²) >= 11 is 0. The number of carboxylic acid groups (broad SMARTS) is 1. The number of aromatic nitrogens is 2. The van der Waals surface area contributed by atoms with Gasteiger partial charge < -0.3 is 79.2 Å². The predicted molar refractivity (Wildman–Crippen MR) is 262 cm³/mol. The van der Waals surface area contributed by atoms with Crippen molar-refractivity contribution in [1.82, 2.24) is 57.4 Å². The number of aromatic amines is 1. The SMILES string of the molecule is CC[C@H](C)[C@H](N)C(=O)N[C@H](C(=O)N[C@@H](C)C(=O)N1CCC[C@H]1C(=O)N[C@@H](CO)C(=O)NCC(=O)N[C@@H](Cc1ccc(O)cc1)C(=O)N[C@@H](Cc1cnc[nH]1)C(=O)N[C@@H](C)C(=O)N[C@@H](CC(N)=O)C(=O)O)[C@@H](C)CC. The summed E-state index contributed by atoms with van der Waals surface area (Å²) in [5.41, 5.74) is 12.0. The van der Waals surface area contributed by atoms with E-state index in [-0.39, 0.29) is 43.4 Å². The van der Waals surface area contributed by atoms with Gasteiger partial charge in [-0.05, 0) is 56.2 Å². The minimum Gasteiger partial charge on any atom is -0.508 e. The third-order valence-corrected chi connectivity index (χ3v) is 12.6. The van der Waals surface area contributed by atoms with E-state index in [1.165, 1.54) is 55.5 Å². The van der Waals surface area contributed by atoms with Gasteiger partial charge in [-0.15, -0.1) is 0 Å². The van der Waals surface area contributed by atoms with Gasteiger partial charge in [-0.2, -0.15) is 0 Å². The predicted octanol–water partition coefficient (Wildman–Crippen LogP) is -4.19. The third-order valence-electron chi connectivity index (χ3n) is 12.6. The Labute approximate surface area is 427 Å². The average Bonchev–Trinajstić information content (AvgIpc) is 4.08. The molecule has 1 saturated heterocycles. The summed E-state index contributed by atoms with van der Waals surface area (Å²) in [5, 5.41) is 49.0. The maximum atomic E-state index is 14.0. The Morgan fingerprint density at radius 3 is 1.92 bits per heavy atom. The molecule has 1 aliphatic heterocycles. The lowest BCUT2D eigenvalue weighted by molar-refractivity contribution is -0.143. The van der Waals surface area contributed by atoms with E-state index < -0.39 is 139 Å². The number of carbonyl (C=O) groups excluding carboxylic acids is 10. The lowest BCUT2D eigenvalue weighted by Gasteiger charge is -2.30. The zero-order valence-electron chi connectivity index (χ0n) is 42.3. The number of nitrogens with one attached hydrogen (secondary N) is 9. The van der Waals surface area contributed by atoms with Crippen LogP contribution >= 0.6 is 0 Å². The number of carbonyl (C=O) groups is 11. The summed E-state index contributed by atoms with van der Waals surface area (Å²) in [7, 11) is 0. The maximum absolute atomic E-state index is 14.0. The van der Waals surface area contributed by atoms with Gasteiger partial charge in [-0.25, -0.2) is 9.78 Å². The molecule has 1 aliphatic rings. The van der Waals surface area contributed by atoms with Crippen molar-refractivity contribution in [1.29, 1.82) is 0 Å². The molecule has 74 heavy (non-hydrogen) atoms. The Balaban J connectivity index is 1.70. The number of hydrogen-bond acceptors (Lipinski definition) is 15. The van der Waals surface area contributed by atoms with E-state index in [9.17, 15) is 68.1 Å². The zero-order valence-corrected chi connectivity index (χ0v) is 42.3. The Morgan fingerprint density at radius 2 is 1.34 bits per heavy atom. The van der Waals surface area contributed by atoms with E-state index in [4.69, 9.17) is 11.5 Å². The normalized spacial score (nSPS) is 17.2. The van der Waals surface area contributed by atoms with Crippen LogP contribution in [0.4, 0.5) is 0 Å². The summed E-state index contributed by atoms with van der Waals surface area (Å²) in [5.74, 6) is -10.5. The van der Waals surface area contributed by atoms with Crippen molar-refractivity contribution in [2.45, 2.75) is 141 Å². The molecule has 11 atom stereocenters. The maximum Gasteiger partial charge on any atom is 0.326 e. The monoisotopic (exact) mass is 1040 g/mol. The van der Waals surface area contributed by atoms with Crippen molar-refractivity contribution < 1.29 is 68.1 Å². The number of nitrogens with zero attached hydrogens (tertiary/aromatic N) is 2. The molecule has 27 nitrogen and oxygen atoms in total. The first kappa shape index (κ1) is 60.6. The fourth-order valence-electron chi connectivity index (χ4n) is 7.63. The number of carboxylic acids is 1. The first-order chi connectivity index (χ1) is 34.9. The van der Waals surface area contributed by atoms with Crippen LogP contribution < -0.4 is 54.0 Å². The number of hydrogen-bond donors (Lipinski definition) is 14. The minimum absolute atomic E-state index is 0.103. The number of H-pyrrole nitrogens is 1. The van der Waals surface area contributed by atoms with Gasteiger partial charge in [0.25, 0.3) is 0 Å². The molecule has 408 valence electrons. The average molecular weight is 1040 g/mol. The number of benzene rings is 1. The summed E-state index contributed by atoms with van der Waals surface area (Å²) in [6.07, 6.45) is 3.19. The molecular formula is C47H71N13O14. The van der Waals surface area contributed by atoms with E-state index in [2.05, 4.69) is 52.5 Å². The highest BCUT2D eigenvalue weighted by atomic mass is 16.4. The summed E-state index contributed by atoms with van der Waals surface area (Å²) < 4.78 is 0. The standard InChI is InChI=1S/C47H71N13O14/c1-7-23(3)37(49)44(70)59-38(24(4)8-2)45(71)54-26(6)46(72)60-15-9-10-34(60)43(69)58-33(21-61)40(66)51-20-36(64)55-30(16-27-11-13-29(62)14-12-27)42(68)56-31(17-28-19-50-22-52-28)41(67)53-25(5)39(65)57-32(47(73)74)18-35(48)63/h11-14,19,22-26,30-34,37-38,61-62H,7-10,15-18,20-21,49H2,1-6H3,(H2,48,63)(H,50,52)(H,51,66)(H,53,67)(H,54,71)(H,55,64)(H,56,68)(H,57,65)(H,58,69)(H,59,70)(H,73,74)/t23-,24-,25-,26-,30-,31-,32-,33-,34-,37-,38-/m0/s1. The highest BCUT2D eigenvalue weighted by Crippen LogP contribution is 2.20. The van der Waals surface area contributed by atoms with Crippen LogP contribution in [0.1, 0.15) is 84.9 Å². The molecule has 2 aromatic rings. The zero-order chi connectivity index (χ0) is 55.4. The first-order valence-corrected chi connectivity index (χ1v) is 24.2. The number of rotatable bonds is 29. The molecule has 0 aliphatic carbocycles. The molecule has 0 unspecified atom stereocenters. The van der Waals surface area contributed by atoms with Crippen LogP contribution in [0.3, 0.4) is 0 Å². The van der Waals surface area contributed by atoms with Gasteiger partial charge >= 0.3 is 5.97 Å². The van der Waals surface area contributed by atoms with Crippen LogP contribution in [0, 0.1) is 11.8 Å². The van der Waals surface area contributed by atoms with Gasteiger partial charge in [0, 0.05) is 31.3 Å². The number of aliphatic hydroxyl groups is 1. The molecule has 1 fully saturated rings. The van der Waals surface area contributed by atoms with Crippen LogP contribution in [0.15, 0.2) is 36.8 Å². The minimum atomic E-state index is -1.70. The molecule has 16 N–H and O–H groups in total. The number of likely N-dealkylation sites (tertiary alicyclic amines) is 1. The topological polar surface area (TPSA) is 429 Å². The number of amides is 10. The second-order valence-electron chi connectivity index (χ2n) is 18.3. The number of imidazole rings is 1. The molecule has 2 heterocycles. The molecule has 0 bridgehead atoms. The Morgan fingerprint density at radius 1 is 0.730 bits per heavy atom. The number of aliphatic carboxylic acids is 1.